The lowest BCUT2D eigenvalue weighted by molar-refractivity contribution is -0.281. The molecule has 1 fully saturated rings. The Morgan fingerprint density at radius 2 is 1.67 bits per heavy atom. The highest BCUT2D eigenvalue weighted by Gasteiger charge is 2.49. The predicted octanol–water partition coefficient (Wildman–Crippen LogP) is 4.47. The van der Waals surface area contributed by atoms with Gasteiger partial charge < -0.3 is 38.8 Å². The molecule has 1 amide bonds. The van der Waals surface area contributed by atoms with Gasteiger partial charge in [0.05, 0.1) is 19.8 Å². The van der Waals surface area contributed by atoms with Gasteiger partial charge >= 0.3 is 12.1 Å². The van der Waals surface area contributed by atoms with Crippen LogP contribution in [-0.2, 0) is 46.4 Å². The van der Waals surface area contributed by atoms with E-state index in [4.69, 9.17) is 63.2 Å². The Morgan fingerprint density at radius 1 is 1.05 bits per heavy atom. The summed E-state index contributed by atoms with van der Waals surface area (Å²) in [5.41, 5.74) is 1.70. The van der Waals surface area contributed by atoms with Crippen molar-refractivity contribution in [1.82, 2.24) is 5.32 Å². The molecule has 0 aliphatic carbocycles. The second-order valence-corrected chi connectivity index (χ2v) is 11.9. The number of esters is 1. The molecule has 1 unspecified atom stereocenters. The van der Waals surface area contributed by atoms with Crippen molar-refractivity contribution in [2.75, 3.05) is 19.8 Å². The first-order valence-electron chi connectivity index (χ1n) is 13.1. The molecule has 0 saturated carbocycles. The fraction of sp³-hybridized carbons (Fsp3) is 0.448. The Balaban J connectivity index is 1.76. The van der Waals surface area contributed by atoms with E-state index in [-0.39, 0.29) is 26.4 Å². The molecular formula is C29H34Cl3NO9. The highest BCUT2D eigenvalue weighted by atomic mass is 35.6. The Bertz CT molecular complexity index is 1120. The molecule has 2 aromatic carbocycles. The zero-order chi connectivity index (χ0) is 30.5. The van der Waals surface area contributed by atoms with E-state index in [9.17, 15) is 14.7 Å². The number of rotatable bonds is 14. The Morgan fingerprint density at radius 3 is 2.26 bits per heavy atom. The van der Waals surface area contributed by atoms with Crippen molar-refractivity contribution in [3.63, 3.8) is 0 Å². The van der Waals surface area contributed by atoms with E-state index in [1.54, 1.807) is 0 Å². The molecule has 2 aromatic rings. The standard InChI is InChI=1S/C29H34Cl3NO9/c1-3-14-38-27-23(33-28(36)40-18-29(30,31)32)25(41-19(2)26(35)39-16-21-12-8-5-9-13-21)24(34)22(42-27)17-37-15-20-10-6-4-7-11-20/h3-13,19,22-25,27,34H,1,14-18H2,2H3,(H,33,36)/t19?,22-,23-,24-,25-,27+/m1/s1. The molecule has 42 heavy (non-hydrogen) atoms. The van der Waals surface area contributed by atoms with Crippen LogP contribution in [0, 0.1) is 0 Å². The zero-order valence-corrected chi connectivity index (χ0v) is 25.2. The molecule has 13 heteroatoms. The van der Waals surface area contributed by atoms with Crippen molar-refractivity contribution in [2.24, 2.45) is 0 Å². The maximum absolute atomic E-state index is 12.8. The largest absolute Gasteiger partial charge is 0.459 e. The van der Waals surface area contributed by atoms with Crippen LogP contribution in [0.2, 0.25) is 0 Å². The lowest BCUT2D eigenvalue weighted by Crippen LogP contribution is -2.66. The number of nitrogens with one attached hydrogen (secondary N) is 1. The molecule has 2 N–H and O–H groups in total. The van der Waals surface area contributed by atoms with E-state index >= 15 is 0 Å². The van der Waals surface area contributed by atoms with Gasteiger partial charge in [0.15, 0.2) is 12.4 Å². The van der Waals surface area contributed by atoms with Crippen LogP contribution < -0.4 is 5.32 Å². The minimum Gasteiger partial charge on any atom is -0.459 e. The molecule has 1 aliphatic heterocycles. The number of aliphatic hydroxyl groups is 1. The van der Waals surface area contributed by atoms with E-state index in [2.05, 4.69) is 11.9 Å². The van der Waals surface area contributed by atoms with Gasteiger partial charge in [-0.2, -0.15) is 0 Å². The quantitative estimate of drug-likeness (QED) is 0.174. The number of halogens is 3. The summed E-state index contributed by atoms with van der Waals surface area (Å²) in [6, 6.07) is 17.4. The van der Waals surface area contributed by atoms with Gasteiger partial charge in [0.2, 0.25) is 3.79 Å². The van der Waals surface area contributed by atoms with Crippen LogP contribution in [-0.4, -0.2) is 77.5 Å². The lowest BCUT2D eigenvalue weighted by atomic mass is 9.96. The Kier molecular flexibility index (Phi) is 13.8. The van der Waals surface area contributed by atoms with Gasteiger partial charge in [-0.05, 0) is 18.1 Å². The number of benzene rings is 2. The average Bonchev–Trinajstić information content (AvgIpc) is 2.97. The number of carbonyl (C=O) groups excluding carboxylic acids is 2. The molecule has 10 nitrogen and oxygen atoms in total. The van der Waals surface area contributed by atoms with Crippen LogP contribution in [0.4, 0.5) is 4.79 Å². The predicted molar refractivity (Wildman–Crippen MR) is 156 cm³/mol. The molecule has 1 aliphatic rings. The van der Waals surface area contributed by atoms with Gasteiger partial charge in [-0.3, -0.25) is 0 Å². The van der Waals surface area contributed by atoms with Gasteiger partial charge in [-0.15, -0.1) is 6.58 Å². The third-order valence-electron chi connectivity index (χ3n) is 6.01. The summed E-state index contributed by atoms with van der Waals surface area (Å²) < 4.78 is 32.1. The molecular weight excluding hydrogens is 613 g/mol. The van der Waals surface area contributed by atoms with Crippen molar-refractivity contribution in [3.05, 3.63) is 84.4 Å². The monoisotopic (exact) mass is 645 g/mol. The number of amides is 1. The van der Waals surface area contributed by atoms with Crippen LogP contribution in [0.1, 0.15) is 18.1 Å². The van der Waals surface area contributed by atoms with Gasteiger partial charge in [-0.25, -0.2) is 9.59 Å². The molecule has 3 rings (SSSR count). The molecule has 0 aromatic heterocycles. The van der Waals surface area contributed by atoms with Gasteiger partial charge in [0, 0.05) is 0 Å². The maximum Gasteiger partial charge on any atom is 0.407 e. The molecule has 230 valence electrons. The fourth-order valence-electron chi connectivity index (χ4n) is 4.00. The summed E-state index contributed by atoms with van der Waals surface area (Å²) in [5, 5.41) is 13.9. The number of aliphatic hydroxyl groups excluding tert-OH is 1. The van der Waals surface area contributed by atoms with Crippen LogP contribution in [0.15, 0.2) is 73.3 Å². The summed E-state index contributed by atoms with van der Waals surface area (Å²) in [6.07, 6.45) is -5.43. The second kappa shape index (κ2) is 17.0. The summed E-state index contributed by atoms with van der Waals surface area (Å²) in [7, 11) is 0. The molecule has 0 bridgehead atoms. The van der Waals surface area contributed by atoms with Crippen LogP contribution >= 0.6 is 34.8 Å². The third-order valence-corrected chi connectivity index (χ3v) is 6.34. The SMILES string of the molecule is C=CCO[C@H]1O[C@H](COCc2ccccc2)[C@@H](O)[C@H](OC(C)C(=O)OCc2ccccc2)[C@H]1NC(=O)OCC(Cl)(Cl)Cl. The molecule has 1 saturated heterocycles. The number of ether oxygens (including phenoxy) is 6. The molecule has 0 spiro atoms. The van der Waals surface area contributed by atoms with Gasteiger partial charge in [-0.1, -0.05) is 102 Å². The van der Waals surface area contributed by atoms with E-state index in [1.807, 2.05) is 60.7 Å². The first-order chi connectivity index (χ1) is 20.1. The van der Waals surface area contributed by atoms with Crippen LogP contribution in [0.3, 0.4) is 0 Å². The van der Waals surface area contributed by atoms with Crippen molar-refractivity contribution in [2.45, 2.75) is 60.7 Å². The third kappa shape index (κ3) is 11.3. The zero-order valence-electron chi connectivity index (χ0n) is 22.9. The molecule has 6 atom stereocenters. The molecule has 1 heterocycles. The summed E-state index contributed by atoms with van der Waals surface area (Å²) >= 11 is 17.1. The summed E-state index contributed by atoms with van der Waals surface area (Å²) in [6.45, 7) is 4.80. The van der Waals surface area contributed by atoms with Crippen molar-refractivity contribution < 1.29 is 43.1 Å². The minimum atomic E-state index is -1.85. The molecule has 0 radical (unpaired) electrons. The van der Waals surface area contributed by atoms with E-state index < -0.39 is 59.2 Å². The number of hydrogen-bond acceptors (Lipinski definition) is 9. The number of alkyl halides is 3. The van der Waals surface area contributed by atoms with Crippen molar-refractivity contribution >= 4 is 46.9 Å². The fourth-order valence-corrected chi connectivity index (χ4v) is 4.17. The second-order valence-electron chi connectivity index (χ2n) is 9.35. The minimum absolute atomic E-state index is 0.0236. The lowest BCUT2D eigenvalue weighted by Gasteiger charge is -2.44. The van der Waals surface area contributed by atoms with E-state index in [0.29, 0.717) is 0 Å². The summed E-state index contributed by atoms with van der Waals surface area (Å²) in [5.74, 6) is -0.685. The smallest absolute Gasteiger partial charge is 0.407 e. The number of hydrogen-bond donors (Lipinski definition) is 2. The van der Waals surface area contributed by atoms with Gasteiger partial charge in [0.25, 0.3) is 0 Å². The maximum atomic E-state index is 12.8. The van der Waals surface area contributed by atoms with E-state index in [1.165, 1.54) is 13.0 Å². The van der Waals surface area contributed by atoms with E-state index in [0.717, 1.165) is 11.1 Å². The van der Waals surface area contributed by atoms with Crippen LogP contribution in [0.5, 0.6) is 0 Å². The number of alkyl carbamates (subject to hydrolysis) is 1. The number of carbonyl (C=O) groups is 2. The van der Waals surface area contributed by atoms with Crippen LogP contribution in [0.25, 0.3) is 0 Å². The average molecular weight is 647 g/mol. The Hall–Kier alpha value is -2.41. The Labute approximate surface area is 259 Å². The first-order valence-corrected chi connectivity index (χ1v) is 14.2. The first kappa shape index (κ1) is 34.1. The van der Waals surface area contributed by atoms with Crippen molar-refractivity contribution in [1.29, 1.82) is 0 Å². The van der Waals surface area contributed by atoms with Gasteiger partial charge in [0.1, 0.15) is 37.6 Å². The topological polar surface area (TPSA) is 122 Å². The highest BCUT2D eigenvalue weighted by molar-refractivity contribution is 6.67. The summed E-state index contributed by atoms with van der Waals surface area (Å²) in [4.78, 5) is 25.4. The normalized spacial score (nSPS) is 23.0. The highest BCUT2D eigenvalue weighted by Crippen LogP contribution is 2.28. The van der Waals surface area contributed by atoms with Crippen molar-refractivity contribution in [3.8, 4) is 0 Å².